The van der Waals surface area contributed by atoms with Crippen LogP contribution in [0.5, 0.6) is 0 Å². The number of aromatic nitrogens is 1. The number of nitrogens with one attached hydrogen (secondary N) is 1. The molecule has 1 aromatic heterocycles. The van der Waals surface area contributed by atoms with Crippen molar-refractivity contribution < 1.29 is 14.3 Å². The highest BCUT2D eigenvalue weighted by Crippen LogP contribution is 2.22. The van der Waals surface area contributed by atoms with Crippen molar-refractivity contribution in [2.45, 2.75) is 6.92 Å². The molecule has 1 fully saturated rings. The summed E-state index contributed by atoms with van der Waals surface area (Å²) in [5, 5.41) is 2.73. The molecule has 0 spiro atoms. The molecule has 7 nitrogen and oxygen atoms in total. The van der Waals surface area contributed by atoms with Crippen LogP contribution in [0.2, 0.25) is 0 Å². The largest absolute Gasteiger partial charge is 0.462 e. The maximum atomic E-state index is 11.9. The maximum Gasteiger partial charge on any atom is 0.340 e. The molecule has 19 heavy (non-hydrogen) atoms. The monoisotopic (exact) mass is 264 g/mol. The van der Waals surface area contributed by atoms with Crippen LogP contribution in [0.15, 0.2) is 12.3 Å². The Hall–Kier alpha value is -2.31. The Balaban J connectivity index is 2.33. The summed E-state index contributed by atoms with van der Waals surface area (Å²) in [6.07, 6.45) is 1.50. The molecule has 2 heterocycles. The zero-order valence-electron chi connectivity index (χ0n) is 10.7. The van der Waals surface area contributed by atoms with Crippen molar-refractivity contribution in [1.29, 1.82) is 0 Å². The third-order valence-corrected chi connectivity index (χ3v) is 2.78. The van der Waals surface area contributed by atoms with Gasteiger partial charge in [-0.25, -0.2) is 9.78 Å². The van der Waals surface area contributed by atoms with Crippen LogP contribution in [0.25, 0.3) is 0 Å². The van der Waals surface area contributed by atoms with Crippen LogP contribution in [0.4, 0.5) is 11.5 Å². The van der Waals surface area contributed by atoms with E-state index < -0.39 is 5.97 Å². The van der Waals surface area contributed by atoms with Crippen molar-refractivity contribution in [2.24, 2.45) is 0 Å². The Morgan fingerprint density at radius 2 is 2.42 bits per heavy atom. The van der Waals surface area contributed by atoms with Gasteiger partial charge in [0.05, 0.1) is 30.6 Å². The van der Waals surface area contributed by atoms with Crippen molar-refractivity contribution in [1.82, 2.24) is 10.3 Å². The summed E-state index contributed by atoms with van der Waals surface area (Å²) < 4.78 is 4.99. The number of carbonyl (C=O) groups is 2. The molecule has 0 aromatic carbocycles. The van der Waals surface area contributed by atoms with Gasteiger partial charge in [-0.05, 0) is 13.0 Å². The molecule has 2 rings (SSSR count). The molecule has 0 radical (unpaired) electrons. The number of pyridine rings is 1. The van der Waals surface area contributed by atoms with Crippen LogP contribution in [0.3, 0.4) is 0 Å². The van der Waals surface area contributed by atoms with Crippen LogP contribution >= 0.6 is 0 Å². The Labute approximate surface area is 110 Å². The zero-order chi connectivity index (χ0) is 13.8. The van der Waals surface area contributed by atoms with E-state index in [0.29, 0.717) is 24.3 Å². The number of amides is 1. The van der Waals surface area contributed by atoms with E-state index in [-0.39, 0.29) is 24.9 Å². The highest BCUT2D eigenvalue weighted by molar-refractivity contribution is 5.97. The molecule has 1 aliphatic rings. The number of nitrogens with two attached hydrogens (primary N) is 1. The van der Waals surface area contributed by atoms with E-state index in [0.717, 1.165) is 0 Å². The van der Waals surface area contributed by atoms with Gasteiger partial charge in [-0.2, -0.15) is 0 Å². The molecule has 3 N–H and O–H groups in total. The molecule has 1 aromatic rings. The summed E-state index contributed by atoms with van der Waals surface area (Å²) in [6, 6.07) is 1.47. The van der Waals surface area contributed by atoms with E-state index in [1.807, 2.05) is 0 Å². The molecule has 0 atom stereocenters. The fourth-order valence-electron chi connectivity index (χ4n) is 1.93. The molecule has 0 aliphatic carbocycles. The fraction of sp³-hybridized carbons (Fsp3) is 0.417. The van der Waals surface area contributed by atoms with E-state index in [2.05, 4.69) is 10.3 Å². The number of anilines is 2. The molecule has 0 saturated carbocycles. The lowest BCUT2D eigenvalue weighted by atomic mass is 10.2. The van der Waals surface area contributed by atoms with E-state index in [1.54, 1.807) is 11.8 Å². The minimum absolute atomic E-state index is 0.0853. The predicted octanol–water partition coefficient (Wildman–Crippen LogP) is -0.223. The lowest BCUT2D eigenvalue weighted by Gasteiger charge is -2.29. The summed E-state index contributed by atoms with van der Waals surface area (Å²) in [4.78, 5) is 29.1. The Kier molecular flexibility index (Phi) is 3.84. The normalized spacial score (nSPS) is 15.0. The first kappa shape index (κ1) is 13.1. The number of piperazine rings is 1. The van der Waals surface area contributed by atoms with Crippen molar-refractivity contribution in [3.05, 3.63) is 17.8 Å². The average Bonchev–Trinajstić information content (AvgIpc) is 2.39. The Bertz CT molecular complexity index is 504. The molecule has 0 bridgehead atoms. The van der Waals surface area contributed by atoms with Crippen LogP contribution in [0, 0.1) is 0 Å². The summed E-state index contributed by atoms with van der Waals surface area (Å²) >= 11 is 0. The van der Waals surface area contributed by atoms with Gasteiger partial charge < -0.3 is 20.7 Å². The van der Waals surface area contributed by atoms with Gasteiger partial charge in [0.25, 0.3) is 0 Å². The van der Waals surface area contributed by atoms with Crippen LogP contribution in [-0.4, -0.2) is 43.1 Å². The lowest BCUT2D eigenvalue weighted by molar-refractivity contribution is -0.120. The minimum Gasteiger partial charge on any atom is -0.462 e. The number of hydrogen-bond donors (Lipinski definition) is 2. The summed E-state index contributed by atoms with van der Waals surface area (Å²) in [7, 11) is 0. The number of ether oxygens (including phenoxy) is 1. The van der Waals surface area contributed by atoms with Gasteiger partial charge in [-0.3, -0.25) is 4.79 Å². The van der Waals surface area contributed by atoms with Gasteiger partial charge in [0.1, 0.15) is 5.82 Å². The quantitative estimate of drug-likeness (QED) is 0.732. The average molecular weight is 264 g/mol. The van der Waals surface area contributed by atoms with Gasteiger partial charge in [-0.15, -0.1) is 0 Å². The maximum absolute atomic E-state index is 11.9. The molecule has 0 unspecified atom stereocenters. The fourth-order valence-corrected chi connectivity index (χ4v) is 1.93. The number of carbonyl (C=O) groups excluding carboxylic acids is 2. The summed E-state index contributed by atoms with van der Waals surface area (Å²) in [5.41, 5.74) is 6.51. The Morgan fingerprint density at radius 1 is 1.63 bits per heavy atom. The molecule has 1 amide bonds. The van der Waals surface area contributed by atoms with Crippen molar-refractivity contribution in [2.75, 3.05) is 36.9 Å². The number of esters is 1. The Morgan fingerprint density at radius 3 is 3.11 bits per heavy atom. The van der Waals surface area contributed by atoms with Gasteiger partial charge in [-0.1, -0.05) is 0 Å². The molecular formula is C12H16N4O3. The number of nitrogen functional groups attached to an aromatic ring is 1. The van der Waals surface area contributed by atoms with Crippen LogP contribution in [0.1, 0.15) is 17.3 Å². The van der Waals surface area contributed by atoms with Gasteiger partial charge >= 0.3 is 5.97 Å². The van der Waals surface area contributed by atoms with Crippen LogP contribution in [-0.2, 0) is 9.53 Å². The van der Waals surface area contributed by atoms with E-state index in [1.165, 1.54) is 12.3 Å². The highest BCUT2D eigenvalue weighted by atomic mass is 16.5. The molecule has 102 valence electrons. The second-order valence-corrected chi connectivity index (χ2v) is 4.12. The standard InChI is InChI=1S/C12H16N4O3/c1-2-19-12(18)8-5-10(13)15-6-9(8)16-4-3-14-11(17)7-16/h5-6H,2-4,7H2,1H3,(H2,13,15)(H,14,17). The first-order valence-corrected chi connectivity index (χ1v) is 6.06. The van der Waals surface area contributed by atoms with Gasteiger partial charge in [0.15, 0.2) is 0 Å². The number of rotatable bonds is 3. The predicted molar refractivity (Wildman–Crippen MR) is 69.8 cm³/mol. The molecular weight excluding hydrogens is 248 g/mol. The third kappa shape index (κ3) is 2.93. The van der Waals surface area contributed by atoms with Crippen molar-refractivity contribution in [3.8, 4) is 0 Å². The second kappa shape index (κ2) is 5.55. The van der Waals surface area contributed by atoms with E-state index in [9.17, 15) is 9.59 Å². The SMILES string of the molecule is CCOC(=O)c1cc(N)ncc1N1CCNC(=O)C1. The molecule has 7 heteroatoms. The van der Waals surface area contributed by atoms with Gasteiger partial charge in [0.2, 0.25) is 5.91 Å². The first-order valence-electron chi connectivity index (χ1n) is 6.06. The van der Waals surface area contributed by atoms with Crippen molar-refractivity contribution in [3.63, 3.8) is 0 Å². The summed E-state index contributed by atoms with van der Waals surface area (Å²) in [6.45, 7) is 3.35. The minimum atomic E-state index is -0.461. The van der Waals surface area contributed by atoms with Gasteiger partial charge in [0, 0.05) is 13.1 Å². The first-order chi connectivity index (χ1) is 9.11. The third-order valence-electron chi connectivity index (χ3n) is 2.78. The number of hydrogen-bond acceptors (Lipinski definition) is 6. The topological polar surface area (TPSA) is 97.6 Å². The highest BCUT2D eigenvalue weighted by Gasteiger charge is 2.23. The van der Waals surface area contributed by atoms with E-state index >= 15 is 0 Å². The van der Waals surface area contributed by atoms with Crippen LogP contribution < -0.4 is 16.0 Å². The smallest absolute Gasteiger partial charge is 0.340 e. The van der Waals surface area contributed by atoms with Crippen molar-refractivity contribution >= 4 is 23.4 Å². The molecule has 1 saturated heterocycles. The summed E-state index contributed by atoms with van der Waals surface area (Å²) in [5.74, 6) is -0.302. The lowest BCUT2D eigenvalue weighted by Crippen LogP contribution is -2.48. The van der Waals surface area contributed by atoms with E-state index in [4.69, 9.17) is 10.5 Å². The number of nitrogens with zero attached hydrogens (tertiary/aromatic N) is 2. The zero-order valence-corrected chi connectivity index (χ0v) is 10.7. The molecule has 1 aliphatic heterocycles. The second-order valence-electron chi connectivity index (χ2n) is 4.12.